The predicted molar refractivity (Wildman–Crippen MR) is 199 cm³/mol. The zero-order valence-corrected chi connectivity index (χ0v) is 33.8. The minimum Gasteiger partial charge on any atom is -0.413 e. The van der Waals surface area contributed by atoms with Crippen molar-refractivity contribution < 1.29 is 8.85 Å². The molecular weight excluding hydrogens is 569 g/mol. The summed E-state index contributed by atoms with van der Waals surface area (Å²) in [6.45, 7) is 40.5. The minimum absolute atomic E-state index is 0.0393. The average Bonchev–Trinajstić information content (AvgIpc) is 3.23. The Morgan fingerprint density at radius 1 is 0.864 bits per heavy atom. The summed E-state index contributed by atoms with van der Waals surface area (Å²) in [5.74, 6) is 3.47. The molecule has 0 spiro atoms. The van der Waals surface area contributed by atoms with Crippen LogP contribution in [0, 0.1) is 35.0 Å². The van der Waals surface area contributed by atoms with Gasteiger partial charge in [-0.05, 0) is 121 Å². The Bertz CT molecular complexity index is 1100. The van der Waals surface area contributed by atoms with E-state index in [2.05, 4.69) is 127 Å². The third-order valence-electron chi connectivity index (χ3n) is 13.2. The van der Waals surface area contributed by atoms with Crippen molar-refractivity contribution in [2.45, 2.75) is 170 Å². The normalized spacial score (nSPS) is 32.6. The van der Waals surface area contributed by atoms with E-state index in [4.69, 9.17) is 15.4 Å². The zero-order chi connectivity index (χ0) is 33.5. The standard InChI is InChI=1S/C40H72O2Si2/c1-28(2)29(3)19-20-30(4)35-23-24-36-32(18-17-25-40(35,36)12)21-22-33-26-34(41-43(13,14)38(6,7)8)27-37(31(33)5)42-44(15,16)39(9,10)11/h19-22,28-30,34-37H,5,17-18,23-27H2,1-4,6-16H3/b20-19+,32-21+,33-22-/t29?,30?,34?,35-,36?,37?,40-/m0/s1. The Morgan fingerprint density at radius 2 is 1.45 bits per heavy atom. The first-order chi connectivity index (χ1) is 20.0. The molecule has 4 heteroatoms. The monoisotopic (exact) mass is 641 g/mol. The fourth-order valence-electron chi connectivity index (χ4n) is 7.62. The lowest BCUT2D eigenvalue weighted by molar-refractivity contribution is 0.0969. The molecule has 0 amide bonds. The molecule has 5 unspecified atom stereocenters. The highest BCUT2D eigenvalue weighted by Crippen LogP contribution is 2.59. The van der Waals surface area contributed by atoms with Crippen molar-refractivity contribution in [3.05, 3.63) is 47.6 Å². The molecular formula is C40H72O2Si2. The van der Waals surface area contributed by atoms with Gasteiger partial charge in [-0.15, -0.1) is 0 Å². The molecule has 7 atom stereocenters. The maximum atomic E-state index is 7.09. The third-order valence-corrected chi connectivity index (χ3v) is 22.2. The molecule has 3 aliphatic rings. The van der Waals surface area contributed by atoms with Crippen LogP contribution in [0.1, 0.15) is 121 Å². The van der Waals surface area contributed by atoms with Gasteiger partial charge < -0.3 is 8.85 Å². The fraction of sp³-hybridized carbons (Fsp3) is 0.800. The molecule has 0 radical (unpaired) electrons. The fourth-order valence-corrected chi connectivity index (χ4v) is 10.3. The Hall–Kier alpha value is -0.686. The van der Waals surface area contributed by atoms with Crippen LogP contribution in [0.3, 0.4) is 0 Å². The zero-order valence-electron chi connectivity index (χ0n) is 31.8. The Kier molecular flexibility index (Phi) is 11.9. The number of rotatable bonds is 9. The number of allylic oxidation sites excluding steroid dienone is 5. The van der Waals surface area contributed by atoms with Gasteiger partial charge in [0, 0.05) is 6.42 Å². The van der Waals surface area contributed by atoms with Gasteiger partial charge in [-0.25, -0.2) is 0 Å². The van der Waals surface area contributed by atoms with Gasteiger partial charge in [0.2, 0.25) is 0 Å². The van der Waals surface area contributed by atoms with E-state index in [1.54, 1.807) is 5.57 Å². The highest BCUT2D eigenvalue weighted by molar-refractivity contribution is 6.74. The largest absolute Gasteiger partial charge is 0.413 e. The van der Waals surface area contributed by atoms with Gasteiger partial charge in [-0.3, -0.25) is 0 Å². The summed E-state index contributed by atoms with van der Waals surface area (Å²) in [7, 11) is -3.88. The summed E-state index contributed by atoms with van der Waals surface area (Å²) >= 11 is 0. The van der Waals surface area contributed by atoms with Gasteiger partial charge in [0.05, 0.1) is 12.2 Å². The van der Waals surface area contributed by atoms with Crippen LogP contribution in [0.5, 0.6) is 0 Å². The lowest BCUT2D eigenvalue weighted by Crippen LogP contribution is -2.49. The van der Waals surface area contributed by atoms with E-state index < -0.39 is 16.6 Å². The van der Waals surface area contributed by atoms with Crippen LogP contribution in [0.25, 0.3) is 0 Å². The molecule has 44 heavy (non-hydrogen) atoms. The van der Waals surface area contributed by atoms with E-state index >= 15 is 0 Å². The molecule has 0 N–H and O–H groups in total. The second-order valence-corrected chi connectivity index (χ2v) is 28.2. The maximum Gasteiger partial charge on any atom is 0.192 e. The Morgan fingerprint density at radius 3 is 2.02 bits per heavy atom. The third kappa shape index (κ3) is 8.42. The highest BCUT2D eigenvalue weighted by Gasteiger charge is 2.50. The van der Waals surface area contributed by atoms with Crippen molar-refractivity contribution in [1.29, 1.82) is 0 Å². The predicted octanol–water partition coefficient (Wildman–Crippen LogP) is 12.7. The molecule has 2 nitrogen and oxygen atoms in total. The van der Waals surface area contributed by atoms with E-state index in [1.165, 1.54) is 43.3 Å². The molecule has 0 bridgehead atoms. The van der Waals surface area contributed by atoms with E-state index in [0.717, 1.165) is 18.8 Å². The molecule has 0 aromatic carbocycles. The van der Waals surface area contributed by atoms with Crippen molar-refractivity contribution in [3.8, 4) is 0 Å². The first-order valence-electron chi connectivity index (χ1n) is 18.1. The Labute approximate surface area is 276 Å². The topological polar surface area (TPSA) is 18.5 Å². The first-order valence-corrected chi connectivity index (χ1v) is 23.9. The second kappa shape index (κ2) is 13.8. The summed E-state index contributed by atoms with van der Waals surface area (Å²) in [6.07, 6.45) is 18.8. The van der Waals surface area contributed by atoms with Crippen LogP contribution >= 0.6 is 0 Å². The van der Waals surface area contributed by atoms with Crippen molar-refractivity contribution in [1.82, 2.24) is 0 Å². The summed E-state index contributed by atoms with van der Waals surface area (Å²) in [6, 6.07) is 0. The van der Waals surface area contributed by atoms with Gasteiger partial charge in [0.15, 0.2) is 16.6 Å². The van der Waals surface area contributed by atoms with Crippen molar-refractivity contribution in [2.75, 3.05) is 0 Å². The van der Waals surface area contributed by atoms with Crippen LogP contribution in [0.15, 0.2) is 47.6 Å². The number of fused-ring (bicyclic) bond motifs is 1. The van der Waals surface area contributed by atoms with Crippen LogP contribution in [0.4, 0.5) is 0 Å². The summed E-state index contributed by atoms with van der Waals surface area (Å²) in [5, 5.41) is 0.352. The summed E-state index contributed by atoms with van der Waals surface area (Å²) in [4.78, 5) is 0. The summed E-state index contributed by atoms with van der Waals surface area (Å²) < 4.78 is 14.2. The van der Waals surface area contributed by atoms with Crippen LogP contribution in [0.2, 0.25) is 36.3 Å². The van der Waals surface area contributed by atoms with Crippen molar-refractivity contribution in [2.24, 2.45) is 35.0 Å². The summed E-state index contributed by atoms with van der Waals surface area (Å²) in [5.41, 5.74) is 4.64. The smallest absolute Gasteiger partial charge is 0.192 e. The second-order valence-electron chi connectivity index (χ2n) is 18.7. The number of hydrogen-bond donors (Lipinski definition) is 0. The molecule has 3 aliphatic carbocycles. The Balaban J connectivity index is 1.90. The van der Waals surface area contributed by atoms with Gasteiger partial charge >= 0.3 is 0 Å². The average molecular weight is 641 g/mol. The van der Waals surface area contributed by atoms with E-state index in [9.17, 15) is 0 Å². The van der Waals surface area contributed by atoms with Crippen molar-refractivity contribution >= 4 is 16.6 Å². The number of hydrogen-bond acceptors (Lipinski definition) is 2. The molecule has 3 fully saturated rings. The van der Waals surface area contributed by atoms with E-state index in [-0.39, 0.29) is 22.3 Å². The molecule has 0 aliphatic heterocycles. The first kappa shape index (κ1) is 37.8. The van der Waals surface area contributed by atoms with Gasteiger partial charge in [-0.2, -0.15) is 0 Å². The maximum absolute atomic E-state index is 7.09. The lowest BCUT2D eigenvalue weighted by Gasteiger charge is -2.45. The molecule has 0 saturated heterocycles. The minimum atomic E-state index is -1.96. The molecule has 252 valence electrons. The van der Waals surface area contributed by atoms with Gasteiger partial charge in [-0.1, -0.05) is 113 Å². The van der Waals surface area contributed by atoms with Crippen LogP contribution in [-0.2, 0) is 8.85 Å². The lowest BCUT2D eigenvalue weighted by atomic mass is 9.61. The van der Waals surface area contributed by atoms with Gasteiger partial charge in [0.25, 0.3) is 0 Å². The van der Waals surface area contributed by atoms with Crippen molar-refractivity contribution in [3.63, 3.8) is 0 Å². The molecule has 3 rings (SSSR count). The quantitative estimate of drug-likeness (QED) is 0.184. The molecule has 3 saturated carbocycles. The molecule has 0 heterocycles. The van der Waals surface area contributed by atoms with Crippen LogP contribution < -0.4 is 0 Å². The SMILES string of the molecule is C=C1/C(=C\C=C2/CCC[C@]3(C)C2CC[C@H]3C(C)/C=C/C(C)C(C)C)CC(O[Si](C)(C)C(C)(C)C)CC1O[Si](C)(C)C(C)(C)C. The van der Waals surface area contributed by atoms with Crippen LogP contribution in [-0.4, -0.2) is 28.8 Å². The van der Waals surface area contributed by atoms with E-state index in [1.807, 2.05) is 0 Å². The van der Waals surface area contributed by atoms with Gasteiger partial charge in [0.1, 0.15) is 0 Å². The molecule has 0 aromatic heterocycles. The van der Waals surface area contributed by atoms with E-state index in [0.29, 0.717) is 29.1 Å². The highest BCUT2D eigenvalue weighted by atomic mass is 28.4. The molecule has 0 aromatic rings.